The van der Waals surface area contributed by atoms with Crippen LogP contribution in [0.2, 0.25) is 0 Å². The van der Waals surface area contributed by atoms with E-state index in [-0.39, 0.29) is 12.3 Å². The number of benzene rings is 1. The summed E-state index contributed by atoms with van der Waals surface area (Å²) < 4.78 is 6.08. The Morgan fingerprint density at radius 1 is 1.33 bits per heavy atom. The van der Waals surface area contributed by atoms with Crippen LogP contribution in [0.3, 0.4) is 0 Å². The Labute approximate surface area is 125 Å². The van der Waals surface area contributed by atoms with Gasteiger partial charge in [0.1, 0.15) is 5.75 Å². The van der Waals surface area contributed by atoms with Gasteiger partial charge in [0.2, 0.25) is 5.91 Å². The second-order valence-corrected chi connectivity index (χ2v) is 5.53. The molecule has 0 atom stereocenters. The van der Waals surface area contributed by atoms with Gasteiger partial charge in [0, 0.05) is 12.8 Å². The summed E-state index contributed by atoms with van der Waals surface area (Å²) in [6.45, 7) is 0. The summed E-state index contributed by atoms with van der Waals surface area (Å²) in [5.74, 6) is -0.236. The Bertz CT molecular complexity index is 653. The summed E-state index contributed by atoms with van der Waals surface area (Å²) in [4.78, 5) is 26.4. The van der Waals surface area contributed by atoms with Crippen LogP contribution < -0.4 is 10.1 Å². The quantitative estimate of drug-likeness (QED) is 0.768. The molecule has 0 aliphatic carbocycles. The second-order valence-electron chi connectivity index (χ2n) is 4.50. The Balaban J connectivity index is 1.90. The molecule has 0 fully saturated rings. The zero-order valence-corrected chi connectivity index (χ0v) is 12.4. The van der Waals surface area contributed by atoms with Gasteiger partial charge >= 0.3 is 5.97 Å². The number of hydrogen-bond donors (Lipinski definition) is 2. The van der Waals surface area contributed by atoms with Gasteiger partial charge in [0.15, 0.2) is 5.13 Å². The third kappa shape index (κ3) is 4.42. The number of rotatable bonds is 7. The first-order valence-corrected chi connectivity index (χ1v) is 7.36. The topological polar surface area (TPSA) is 88.5 Å². The minimum Gasteiger partial charge on any atom is -0.497 e. The van der Waals surface area contributed by atoms with Crippen molar-refractivity contribution in [1.82, 2.24) is 4.98 Å². The lowest BCUT2D eigenvalue weighted by atomic mass is 10.2. The number of nitrogens with zero attached hydrogens (tertiary/aromatic N) is 1. The van der Waals surface area contributed by atoms with Crippen LogP contribution in [0.25, 0.3) is 10.2 Å². The second kappa shape index (κ2) is 7.03. The molecule has 2 aromatic rings. The van der Waals surface area contributed by atoms with E-state index < -0.39 is 5.97 Å². The number of carbonyl (C=O) groups excluding carboxylic acids is 1. The molecule has 0 spiro atoms. The highest BCUT2D eigenvalue weighted by Crippen LogP contribution is 2.29. The minimum atomic E-state index is -0.837. The van der Waals surface area contributed by atoms with Gasteiger partial charge in [-0.25, -0.2) is 4.98 Å². The van der Waals surface area contributed by atoms with Crippen molar-refractivity contribution in [1.29, 1.82) is 0 Å². The van der Waals surface area contributed by atoms with Crippen LogP contribution >= 0.6 is 11.3 Å². The molecule has 21 heavy (non-hydrogen) atoms. The zero-order valence-electron chi connectivity index (χ0n) is 11.6. The standard InChI is InChI=1S/C14H16N2O4S/c1-20-9-6-7-10-11(8-9)21-14(15-10)16-12(17)4-2-3-5-13(18)19/h6-8H,2-5H2,1H3,(H,18,19)(H,15,16,17). The lowest BCUT2D eigenvalue weighted by molar-refractivity contribution is -0.137. The molecule has 0 saturated carbocycles. The number of hydrogen-bond acceptors (Lipinski definition) is 5. The number of anilines is 1. The number of carboxylic acids is 1. The molecule has 112 valence electrons. The highest BCUT2D eigenvalue weighted by molar-refractivity contribution is 7.22. The summed E-state index contributed by atoms with van der Waals surface area (Å²) >= 11 is 1.38. The number of carbonyl (C=O) groups is 2. The lowest BCUT2D eigenvalue weighted by Crippen LogP contribution is -2.11. The van der Waals surface area contributed by atoms with E-state index in [2.05, 4.69) is 10.3 Å². The van der Waals surface area contributed by atoms with Crippen molar-refractivity contribution >= 4 is 38.6 Å². The van der Waals surface area contributed by atoms with E-state index in [1.54, 1.807) is 7.11 Å². The summed E-state index contributed by atoms with van der Waals surface area (Å²) in [7, 11) is 1.60. The van der Waals surface area contributed by atoms with E-state index in [0.717, 1.165) is 16.0 Å². The highest BCUT2D eigenvalue weighted by atomic mass is 32.1. The maximum Gasteiger partial charge on any atom is 0.303 e. The van der Waals surface area contributed by atoms with Crippen LogP contribution in [0.1, 0.15) is 25.7 Å². The number of amides is 1. The monoisotopic (exact) mass is 308 g/mol. The summed E-state index contributed by atoms with van der Waals surface area (Å²) in [6.07, 6.45) is 1.44. The number of fused-ring (bicyclic) bond motifs is 1. The van der Waals surface area contributed by atoms with Gasteiger partial charge < -0.3 is 15.2 Å². The van der Waals surface area contributed by atoms with E-state index in [4.69, 9.17) is 9.84 Å². The predicted molar refractivity (Wildman–Crippen MR) is 80.9 cm³/mol. The SMILES string of the molecule is COc1ccc2nc(NC(=O)CCCCC(=O)O)sc2c1. The van der Waals surface area contributed by atoms with Crippen molar-refractivity contribution in [2.75, 3.05) is 12.4 Å². The maximum atomic E-state index is 11.7. The first kappa shape index (κ1) is 15.2. The molecule has 2 N–H and O–H groups in total. The molecule has 0 bridgehead atoms. The fourth-order valence-electron chi connectivity index (χ4n) is 1.83. The number of thiazole rings is 1. The van der Waals surface area contributed by atoms with Gasteiger partial charge in [-0.15, -0.1) is 0 Å². The number of carboxylic acid groups (broad SMARTS) is 1. The van der Waals surface area contributed by atoms with Gasteiger partial charge in [-0.1, -0.05) is 11.3 Å². The molecule has 0 unspecified atom stereocenters. The molecule has 1 aromatic heterocycles. The largest absolute Gasteiger partial charge is 0.497 e. The van der Waals surface area contributed by atoms with E-state index in [1.165, 1.54) is 11.3 Å². The molecule has 0 aliphatic rings. The normalized spacial score (nSPS) is 10.5. The highest BCUT2D eigenvalue weighted by Gasteiger charge is 2.09. The van der Waals surface area contributed by atoms with Gasteiger partial charge in [0.05, 0.1) is 17.3 Å². The van der Waals surface area contributed by atoms with Crippen LogP contribution in [-0.4, -0.2) is 29.1 Å². The predicted octanol–water partition coefficient (Wildman–Crippen LogP) is 2.89. The third-order valence-electron chi connectivity index (χ3n) is 2.89. The van der Waals surface area contributed by atoms with Crippen LogP contribution in [0.4, 0.5) is 5.13 Å². The maximum absolute atomic E-state index is 11.7. The number of unbranched alkanes of at least 4 members (excludes halogenated alkanes) is 1. The van der Waals surface area contributed by atoms with Crippen molar-refractivity contribution in [3.05, 3.63) is 18.2 Å². The molecule has 7 heteroatoms. The van der Waals surface area contributed by atoms with Gasteiger partial charge in [0.25, 0.3) is 0 Å². The Kier molecular flexibility index (Phi) is 5.10. The first-order chi connectivity index (χ1) is 10.1. The van der Waals surface area contributed by atoms with Crippen LogP contribution in [0.15, 0.2) is 18.2 Å². The molecular weight excluding hydrogens is 292 g/mol. The molecule has 0 radical (unpaired) electrons. The summed E-state index contributed by atoms with van der Waals surface area (Å²) in [6, 6.07) is 5.53. The minimum absolute atomic E-state index is 0.0915. The number of aromatic nitrogens is 1. The van der Waals surface area contributed by atoms with Crippen molar-refractivity contribution in [3.63, 3.8) is 0 Å². The summed E-state index contributed by atoms with van der Waals surface area (Å²) in [5, 5.41) is 11.8. The van der Waals surface area contributed by atoms with E-state index in [0.29, 0.717) is 24.4 Å². The number of methoxy groups -OCH3 is 1. The number of ether oxygens (including phenoxy) is 1. The first-order valence-electron chi connectivity index (χ1n) is 6.54. The van der Waals surface area contributed by atoms with Crippen molar-refractivity contribution in [2.24, 2.45) is 0 Å². The Hall–Kier alpha value is -2.15. The third-order valence-corrected chi connectivity index (χ3v) is 3.82. The van der Waals surface area contributed by atoms with E-state index in [9.17, 15) is 9.59 Å². The van der Waals surface area contributed by atoms with E-state index >= 15 is 0 Å². The van der Waals surface area contributed by atoms with E-state index in [1.807, 2.05) is 18.2 Å². The summed E-state index contributed by atoms with van der Waals surface area (Å²) in [5.41, 5.74) is 0.807. The molecular formula is C14H16N2O4S. The number of aliphatic carboxylic acids is 1. The smallest absolute Gasteiger partial charge is 0.303 e. The Morgan fingerprint density at radius 2 is 2.10 bits per heavy atom. The Morgan fingerprint density at radius 3 is 2.81 bits per heavy atom. The average molecular weight is 308 g/mol. The van der Waals surface area contributed by atoms with Gasteiger partial charge in [-0.05, 0) is 31.0 Å². The average Bonchev–Trinajstić information content (AvgIpc) is 2.84. The molecule has 1 aromatic carbocycles. The molecule has 6 nitrogen and oxygen atoms in total. The molecule has 0 aliphatic heterocycles. The van der Waals surface area contributed by atoms with Crippen molar-refractivity contribution < 1.29 is 19.4 Å². The molecule has 0 saturated heterocycles. The lowest BCUT2D eigenvalue weighted by Gasteiger charge is -2.00. The zero-order chi connectivity index (χ0) is 15.2. The van der Waals surface area contributed by atoms with Crippen LogP contribution in [-0.2, 0) is 9.59 Å². The van der Waals surface area contributed by atoms with Crippen molar-refractivity contribution in [3.8, 4) is 5.75 Å². The fourth-order valence-corrected chi connectivity index (χ4v) is 2.74. The van der Waals surface area contributed by atoms with Gasteiger partial charge in [-0.3, -0.25) is 9.59 Å². The van der Waals surface area contributed by atoms with Crippen LogP contribution in [0, 0.1) is 0 Å². The molecule has 1 amide bonds. The molecule has 2 rings (SSSR count). The molecule has 1 heterocycles. The van der Waals surface area contributed by atoms with Crippen molar-refractivity contribution in [2.45, 2.75) is 25.7 Å². The van der Waals surface area contributed by atoms with Crippen LogP contribution in [0.5, 0.6) is 5.75 Å². The fraction of sp³-hybridized carbons (Fsp3) is 0.357. The van der Waals surface area contributed by atoms with Gasteiger partial charge in [-0.2, -0.15) is 0 Å². The number of nitrogens with one attached hydrogen (secondary N) is 1.